The zero-order chi connectivity index (χ0) is 13.8. The minimum absolute atomic E-state index is 0.380. The number of hydrogen-bond donors (Lipinski definition) is 2. The van der Waals surface area contributed by atoms with Gasteiger partial charge in [-0.05, 0) is 37.5 Å². The largest absolute Gasteiger partial charge is 0.399 e. The Morgan fingerprint density at radius 1 is 1.37 bits per heavy atom. The van der Waals surface area contributed by atoms with Gasteiger partial charge in [-0.25, -0.2) is 0 Å². The van der Waals surface area contributed by atoms with Crippen LogP contribution in [-0.4, -0.2) is 18.5 Å². The summed E-state index contributed by atoms with van der Waals surface area (Å²) >= 11 is 0. The molecule has 0 aromatic heterocycles. The first-order valence-electron chi connectivity index (χ1n) is 7.09. The van der Waals surface area contributed by atoms with Crippen molar-refractivity contribution in [2.75, 3.05) is 17.2 Å². The molecule has 1 aromatic rings. The lowest BCUT2D eigenvalue weighted by Crippen LogP contribution is -2.36. The fraction of sp³-hybridized carbons (Fsp3) is 0.533. The molecule has 0 radical (unpaired) electrons. The summed E-state index contributed by atoms with van der Waals surface area (Å²) in [6, 6.07) is 5.84. The third-order valence-corrected chi connectivity index (χ3v) is 3.95. The van der Waals surface area contributed by atoms with Crippen LogP contribution in [0, 0.1) is 0 Å². The Kier molecular flexibility index (Phi) is 4.30. The Morgan fingerprint density at radius 3 is 2.84 bits per heavy atom. The summed E-state index contributed by atoms with van der Waals surface area (Å²) in [5.41, 5.74) is 13.5. The molecule has 104 valence electrons. The predicted molar refractivity (Wildman–Crippen MR) is 79.3 cm³/mol. The van der Waals surface area contributed by atoms with Crippen molar-refractivity contribution in [3.63, 3.8) is 0 Å². The number of hydrogen-bond acceptors (Lipinski definition) is 3. The molecule has 0 saturated carbocycles. The van der Waals surface area contributed by atoms with Crippen molar-refractivity contribution >= 4 is 17.3 Å². The van der Waals surface area contributed by atoms with Gasteiger partial charge in [0.1, 0.15) is 0 Å². The van der Waals surface area contributed by atoms with Crippen molar-refractivity contribution in [1.82, 2.24) is 0 Å². The van der Waals surface area contributed by atoms with Crippen LogP contribution < -0.4 is 16.4 Å². The molecular formula is C15H23N3O. The maximum Gasteiger partial charge on any atom is 0.250 e. The maximum absolute atomic E-state index is 11.6. The summed E-state index contributed by atoms with van der Waals surface area (Å²) in [5, 5.41) is 0. The SMILES string of the molecule is CCC1CCCCCN1c1cc(N)ccc1C(N)=O. The maximum atomic E-state index is 11.6. The van der Waals surface area contributed by atoms with Gasteiger partial charge in [-0.2, -0.15) is 0 Å². The standard InChI is InChI=1S/C15H23N3O/c1-2-12-6-4-3-5-9-18(12)14-10-11(16)7-8-13(14)15(17)19/h7-8,10,12H,2-6,9,16H2,1H3,(H2,17,19). The number of carbonyl (C=O) groups is 1. The summed E-state index contributed by atoms with van der Waals surface area (Å²) in [4.78, 5) is 13.9. The summed E-state index contributed by atoms with van der Waals surface area (Å²) in [7, 11) is 0. The first-order chi connectivity index (χ1) is 9.13. The van der Waals surface area contributed by atoms with Crippen molar-refractivity contribution in [3.8, 4) is 0 Å². The zero-order valence-corrected chi connectivity index (χ0v) is 11.6. The quantitative estimate of drug-likeness (QED) is 0.821. The normalized spacial score (nSPS) is 20.1. The van der Waals surface area contributed by atoms with E-state index in [2.05, 4.69) is 11.8 Å². The van der Waals surface area contributed by atoms with Gasteiger partial charge < -0.3 is 16.4 Å². The zero-order valence-electron chi connectivity index (χ0n) is 11.6. The molecule has 1 heterocycles. The van der Waals surface area contributed by atoms with E-state index in [0.29, 0.717) is 17.3 Å². The van der Waals surface area contributed by atoms with E-state index in [0.717, 1.165) is 25.1 Å². The Hall–Kier alpha value is -1.71. The first-order valence-corrected chi connectivity index (χ1v) is 7.09. The Balaban J connectivity index is 2.42. The lowest BCUT2D eigenvalue weighted by Gasteiger charge is -2.32. The van der Waals surface area contributed by atoms with Gasteiger partial charge in [0.05, 0.1) is 11.3 Å². The summed E-state index contributed by atoms with van der Waals surface area (Å²) < 4.78 is 0. The number of primary amides is 1. The smallest absolute Gasteiger partial charge is 0.250 e. The second kappa shape index (κ2) is 5.95. The molecule has 1 aliphatic heterocycles. The van der Waals surface area contributed by atoms with Crippen LogP contribution in [0.25, 0.3) is 0 Å². The van der Waals surface area contributed by atoms with Crippen LogP contribution in [0.2, 0.25) is 0 Å². The third kappa shape index (κ3) is 3.00. The molecule has 1 amide bonds. The van der Waals surface area contributed by atoms with Crippen molar-refractivity contribution < 1.29 is 4.79 Å². The molecule has 0 spiro atoms. The van der Waals surface area contributed by atoms with E-state index in [1.54, 1.807) is 12.1 Å². The number of carbonyl (C=O) groups excluding carboxylic acids is 1. The van der Waals surface area contributed by atoms with E-state index >= 15 is 0 Å². The summed E-state index contributed by atoms with van der Waals surface area (Å²) in [6.07, 6.45) is 5.91. The first kappa shape index (κ1) is 13.7. The average Bonchev–Trinajstić information content (AvgIpc) is 2.63. The van der Waals surface area contributed by atoms with Crippen LogP contribution in [0.1, 0.15) is 49.4 Å². The van der Waals surface area contributed by atoms with Gasteiger partial charge in [-0.15, -0.1) is 0 Å². The van der Waals surface area contributed by atoms with Crippen LogP contribution in [-0.2, 0) is 0 Å². The molecule has 2 rings (SSSR count). The van der Waals surface area contributed by atoms with Crippen LogP contribution in [0.3, 0.4) is 0 Å². The van der Waals surface area contributed by atoms with E-state index in [1.807, 2.05) is 6.07 Å². The molecular weight excluding hydrogens is 238 g/mol. The van der Waals surface area contributed by atoms with Gasteiger partial charge in [-0.1, -0.05) is 19.8 Å². The van der Waals surface area contributed by atoms with Crippen LogP contribution in [0.15, 0.2) is 18.2 Å². The molecule has 4 nitrogen and oxygen atoms in total. The highest BCUT2D eigenvalue weighted by Crippen LogP contribution is 2.30. The molecule has 1 aliphatic rings. The second-order valence-corrected chi connectivity index (χ2v) is 5.25. The molecule has 4 heteroatoms. The predicted octanol–water partition coefficient (Wildman–Crippen LogP) is 2.53. The Labute approximate surface area is 114 Å². The molecule has 4 N–H and O–H groups in total. The van der Waals surface area contributed by atoms with Gasteiger partial charge in [0, 0.05) is 18.3 Å². The highest BCUT2D eigenvalue weighted by molar-refractivity contribution is 5.99. The lowest BCUT2D eigenvalue weighted by molar-refractivity contribution is 0.100. The minimum Gasteiger partial charge on any atom is -0.399 e. The van der Waals surface area contributed by atoms with Crippen molar-refractivity contribution in [2.45, 2.75) is 45.1 Å². The van der Waals surface area contributed by atoms with E-state index in [4.69, 9.17) is 11.5 Å². The minimum atomic E-state index is -0.380. The summed E-state index contributed by atoms with van der Waals surface area (Å²) in [6.45, 7) is 3.17. The summed E-state index contributed by atoms with van der Waals surface area (Å²) in [5.74, 6) is -0.380. The van der Waals surface area contributed by atoms with Crippen molar-refractivity contribution in [1.29, 1.82) is 0 Å². The van der Waals surface area contributed by atoms with E-state index in [-0.39, 0.29) is 5.91 Å². The monoisotopic (exact) mass is 261 g/mol. The van der Waals surface area contributed by atoms with Crippen LogP contribution >= 0.6 is 0 Å². The highest BCUT2D eigenvalue weighted by Gasteiger charge is 2.23. The lowest BCUT2D eigenvalue weighted by atomic mass is 10.0. The van der Waals surface area contributed by atoms with Crippen LogP contribution in [0.4, 0.5) is 11.4 Å². The number of anilines is 2. The number of amides is 1. The number of nitrogens with zero attached hydrogens (tertiary/aromatic N) is 1. The fourth-order valence-corrected chi connectivity index (χ4v) is 2.91. The van der Waals surface area contributed by atoms with E-state index in [9.17, 15) is 4.79 Å². The molecule has 1 fully saturated rings. The van der Waals surface area contributed by atoms with E-state index in [1.165, 1.54) is 19.3 Å². The van der Waals surface area contributed by atoms with Gasteiger partial charge in [0.15, 0.2) is 0 Å². The highest BCUT2D eigenvalue weighted by atomic mass is 16.1. The van der Waals surface area contributed by atoms with E-state index < -0.39 is 0 Å². The number of nitrogen functional groups attached to an aromatic ring is 1. The Morgan fingerprint density at radius 2 is 2.16 bits per heavy atom. The van der Waals surface area contributed by atoms with Gasteiger partial charge in [0.25, 0.3) is 5.91 Å². The number of benzene rings is 1. The number of nitrogens with two attached hydrogens (primary N) is 2. The van der Waals surface area contributed by atoms with Crippen LogP contribution in [0.5, 0.6) is 0 Å². The van der Waals surface area contributed by atoms with Gasteiger partial charge in [0.2, 0.25) is 0 Å². The molecule has 1 unspecified atom stereocenters. The average molecular weight is 261 g/mol. The Bertz CT molecular complexity index is 459. The fourth-order valence-electron chi connectivity index (χ4n) is 2.91. The van der Waals surface area contributed by atoms with Crippen molar-refractivity contribution in [3.05, 3.63) is 23.8 Å². The second-order valence-electron chi connectivity index (χ2n) is 5.25. The third-order valence-electron chi connectivity index (χ3n) is 3.95. The molecule has 1 atom stereocenters. The molecule has 0 aliphatic carbocycles. The topological polar surface area (TPSA) is 72.3 Å². The molecule has 1 saturated heterocycles. The molecule has 0 bridgehead atoms. The van der Waals surface area contributed by atoms with Gasteiger partial charge in [-0.3, -0.25) is 4.79 Å². The van der Waals surface area contributed by atoms with Crippen molar-refractivity contribution in [2.24, 2.45) is 5.73 Å². The molecule has 1 aromatic carbocycles. The van der Waals surface area contributed by atoms with Gasteiger partial charge >= 0.3 is 0 Å². The molecule has 19 heavy (non-hydrogen) atoms. The number of rotatable bonds is 3.